The van der Waals surface area contributed by atoms with E-state index in [4.69, 9.17) is 16.3 Å². The van der Waals surface area contributed by atoms with Crippen molar-refractivity contribution in [3.63, 3.8) is 0 Å². The second-order valence-corrected chi connectivity index (χ2v) is 8.13. The summed E-state index contributed by atoms with van der Waals surface area (Å²) in [5, 5.41) is 2.72. The normalized spacial score (nSPS) is 13.4. The SMILES string of the molecule is CCc1ccc(N2C(=O)C(Cl)=C(Nc3ccc(C(=O)Oc4cccc(CC)c4)cc3)C2=O)cc1. The van der Waals surface area contributed by atoms with Gasteiger partial charge in [0.1, 0.15) is 16.5 Å². The topological polar surface area (TPSA) is 75.7 Å². The molecule has 0 fully saturated rings. The Hall–Kier alpha value is -3.90. The number of esters is 1. The molecular formula is C27H23ClN2O4. The van der Waals surface area contributed by atoms with E-state index in [1.807, 2.05) is 44.2 Å². The van der Waals surface area contributed by atoms with E-state index in [-0.39, 0.29) is 10.7 Å². The number of carbonyl (C=O) groups is 3. The number of benzene rings is 3. The van der Waals surface area contributed by atoms with E-state index < -0.39 is 17.8 Å². The number of rotatable bonds is 7. The van der Waals surface area contributed by atoms with Crippen LogP contribution in [0, 0.1) is 0 Å². The van der Waals surface area contributed by atoms with Crippen molar-refractivity contribution < 1.29 is 19.1 Å². The third-order valence-corrected chi connectivity index (χ3v) is 5.89. The number of aryl methyl sites for hydroxylation is 2. The molecule has 1 heterocycles. The number of ether oxygens (including phenoxy) is 1. The summed E-state index contributed by atoms with van der Waals surface area (Å²) in [5.74, 6) is -1.15. The Kier molecular flexibility index (Phi) is 6.80. The monoisotopic (exact) mass is 474 g/mol. The molecule has 1 aliphatic heterocycles. The van der Waals surface area contributed by atoms with Crippen molar-refractivity contribution in [2.75, 3.05) is 10.2 Å². The number of imide groups is 1. The van der Waals surface area contributed by atoms with Gasteiger partial charge in [0.2, 0.25) is 0 Å². The van der Waals surface area contributed by atoms with Gasteiger partial charge in [0.05, 0.1) is 11.3 Å². The van der Waals surface area contributed by atoms with Crippen LogP contribution in [-0.2, 0) is 22.4 Å². The first-order valence-electron chi connectivity index (χ1n) is 11.0. The summed E-state index contributed by atoms with van der Waals surface area (Å²) >= 11 is 6.20. The molecule has 0 saturated heterocycles. The Morgan fingerprint density at radius 2 is 1.56 bits per heavy atom. The summed E-state index contributed by atoms with van der Waals surface area (Å²) in [7, 11) is 0. The fourth-order valence-corrected chi connectivity index (χ4v) is 3.77. The number of hydrogen-bond acceptors (Lipinski definition) is 5. The first-order valence-corrected chi connectivity index (χ1v) is 11.3. The molecule has 0 bridgehead atoms. The van der Waals surface area contributed by atoms with Crippen molar-refractivity contribution in [3.05, 3.63) is 100 Å². The highest BCUT2D eigenvalue weighted by atomic mass is 35.5. The zero-order chi connectivity index (χ0) is 24.2. The largest absolute Gasteiger partial charge is 0.423 e. The molecule has 6 nitrogen and oxygen atoms in total. The molecule has 0 saturated carbocycles. The van der Waals surface area contributed by atoms with Gasteiger partial charge in [-0.1, -0.05) is 49.7 Å². The Bertz CT molecular complexity index is 1280. The average Bonchev–Trinajstić information content (AvgIpc) is 3.07. The zero-order valence-electron chi connectivity index (χ0n) is 18.8. The molecule has 2 amide bonds. The average molecular weight is 475 g/mol. The quantitative estimate of drug-likeness (QED) is 0.279. The summed E-state index contributed by atoms with van der Waals surface area (Å²) in [4.78, 5) is 39.1. The number of hydrogen-bond donors (Lipinski definition) is 1. The maximum Gasteiger partial charge on any atom is 0.343 e. The first-order chi connectivity index (χ1) is 16.4. The maximum atomic E-state index is 12.9. The molecule has 0 unspecified atom stereocenters. The van der Waals surface area contributed by atoms with Crippen LogP contribution >= 0.6 is 11.6 Å². The number of nitrogens with one attached hydrogen (secondary N) is 1. The Balaban J connectivity index is 1.46. The van der Waals surface area contributed by atoms with Crippen LogP contribution in [0.5, 0.6) is 5.75 Å². The van der Waals surface area contributed by atoms with Gasteiger partial charge in [-0.2, -0.15) is 0 Å². The van der Waals surface area contributed by atoms with Crippen LogP contribution < -0.4 is 15.0 Å². The predicted molar refractivity (Wildman–Crippen MR) is 132 cm³/mol. The van der Waals surface area contributed by atoms with Crippen molar-refractivity contribution in [1.82, 2.24) is 0 Å². The lowest BCUT2D eigenvalue weighted by molar-refractivity contribution is -0.120. The summed E-state index contributed by atoms with van der Waals surface area (Å²) in [6, 6.07) is 20.9. The molecule has 0 aliphatic carbocycles. The Morgan fingerprint density at radius 3 is 2.21 bits per heavy atom. The number of halogens is 1. The molecule has 1 N–H and O–H groups in total. The molecule has 1 aliphatic rings. The minimum absolute atomic E-state index is 0.0158. The lowest BCUT2D eigenvalue weighted by atomic mass is 10.1. The number of carbonyl (C=O) groups excluding carboxylic acids is 3. The van der Waals surface area contributed by atoms with E-state index in [0.717, 1.165) is 28.9 Å². The van der Waals surface area contributed by atoms with Gasteiger partial charge in [-0.25, -0.2) is 9.69 Å². The second-order valence-electron chi connectivity index (χ2n) is 7.75. The highest BCUT2D eigenvalue weighted by Crippen LogP contribution is 2.30. The molecular weight excluding hydrogens is 452 g/mol. The van der Waals surface area contributed by atoms with Crippen LogP contribution in [-0.4, -0.2) is 17.8 Å². The molecule has 172 valence electrons. The van der Waals surface area contributed by atoms with Crippen LogP contribution in [0.1, 0.15) is 35.3 Å². The summed E-state index contributed by atoms with van der Waals surface area (Å²) in [5.41, 5.74) is 3.45. The van der Waals surface area contributed by atoms with Crippen molar-refractivity contribution in [2.45, 2.75) is 26.7 Å². The lowest BCUT2D eigenvalue weighted by Gasteiger charge is -2.15. The van der Waals surface area contributed by atoms with E-state index in [0.29, 0.717) is 22.7 Å². The second kappa shape index (κ2) is 9.93. The van der Waals surface area contributed by atoms with E-state index in [1.165, 1.54) is 0 Å². The van der Waals surface area contributed by atoms with Crippen LogP contribution in [0.15, 0.2) is 83.5 Å². The van der Waals surface area contributed by atoms with E-state index in [2.05, 4.69) is 5.32 Å². The number of anilines is 2. The lowest BCUT2D eigenvalue weighted by Crippen LogP contribution is -2.32. The molecule has 7 heteroatoms. The standard InChI is InChI=1S/C27H23ClN2O4/c1-3-17-8-14-21(15-9-17)30-25(31)23(28)24(26(30)32)29-20-12-10-19(11-13-20)27(33)34-22-7-5-6-18(4-2)16-22/h5-16,29H,3-4H2,1-2H3. The highest BCUT2D eigenvalue weighted by molar-refractivity contribution is 6.53. The van der Waals surface area contributed by atoms with Gasteiger partial charge < -0.3 is 10.1 Å². The minimum atomic E-state index is -0.590. The predicted octanol–water partition coefficient (Wildman–Crippen LogP) is 5.47. The molecule has 3 aromatic carbocycles. The van der Waals surface area contributed by atoms with Crippen molar-refractivity contribution in [1.29, 1.82) is 0 Å². The molecule has 4 rings (SSSR count). The van der Waals surface area contributed by atoms with Crippen molar-refractivity contribution in [2.24, 2.45) is 0 Å². The molecule has 0 atom stereocenters. The maximum absolute atomic E-state index is 12.9. The number of nitrogens with zero attached hydrogens (tertiary/aromatic N) is 1. The van der Waals surface area contributed by atoms with Crippen LogP contribution in [0.3, 0.4) is 0 Å². The van der Waals surface area contributed by atoms with Gasteiger partial charge in [-0.05, 0) is 72.5 Å². The molecule has 3 aromatic rings. The smallest absolute Gasteiger partial charge is 0.343 e. The van der Waals surface area contributed by atoms with Gasteiger partial charge in [-0.15, -0.1) is 0 Å². The van der Waals surface area contributed by atoms with Crippen molar-refractivity contribution in [3.8, 4) is 5.75 Å². The summed E-state index contributed by atoms with van der Waals surface area (Å²) in [6.45, 7) is 4.05. The highest BCUT2D eigenvalue weighted by Gasteiger charge is 2.38. The van der Waals surface area contributed by atoms with Gasteiger partial charge in [0.15, 0.2) is 0 Å². The van der Waals surface area contributed by atoms with Gasteiger partial charge in [0, 0.05) is 5.69 Å². The van der Waals surface area contributed by atoms with Crippen LogP contribution in [0.25, 0.3) is 0 Å². The van der Waals surface area contributed by atoms with E-state index in [9.17, 15) is 14.4 Å². The first kappa shape index (κ1) is 23.3. The van der Waals surface area contributed by atoms with Crippen molar-refractivity contribution >= 4 is 40.8 Å². The Labute approximate surface area is 202 Å². The third kappa shape index (κ3) is 4.72. The molecule has 0 spiro atoms. The summed E-state index contributed by atoms with van der Waals surface area (Å²) < 4.78 is 5.45. The minimum Gasteiger partial charge on any atom is -0.423 e. The fraction of sp³-hybridized carbons (Fsp3) is 0.148. The van der Waals surface area contributed by atoms with E-state index >= 15 is 0 Å². The van der Waals surface area contributed by atoms with Gasteiger partial charge in [-0.3, -0.25) is 9.59 Å². The van der Waals surface area contributed by atoms with Gasteiger partial charge in [0.25, 0.3) is 11.8 Å². The van der Waals surface area contributed by atoms with Crippen LogP contribution in [0.4, 0.5) is 11.4 Å². The fourth-order valence-electron chi connectivity index (χ4n) is 3.56. The zero-order valence-corrected chi connectivity index (χ0v) is 19.6. The molecule has 34 heavy (non-hydrogen) atoms. The molecule has 0 aromatic heterocycles. The summed E-state index contributed by atoms with van der Waals surface area (Å²) in [6.07, 6.45) is 1.69. The Morgan fingerprint density at radius 1 is 0.882 bits per heavy atom. The van der Waals surface area contributed by atoms with E-state index in [1.54, 1.807) is 42.5 Å². The molecule has 0 radical (unpaired) electrons. The number of amides is 2. The third-order valence-electron chi connectivity index (χ3n) is 5.54. The van der Waals surface area contributed by atoms with Gasteiger partial charge >= 0.3 is 5.97 Å². The van der Waals surface area contributed by atoms with Crippen LogP contribution in [0.2, 0.25) is 0 Å².